The molecular formula is C106H83Cl2F2N29O7. The fourth-order valence-electron chi connectivity index (χ4n) is 13.9. The average molecular weight is 1980 g/mol. The van der Waals surface area contributed by atoms with Gasteiger partial charge in [-0.05, 0) is 158 Å². The number of benzene rings is 7. The molecule has 40 heteroatoms. The highest BCUT2D eigenvalue weighted by Crippen LogP contribution is 2.32. The van der Waals surface area contributed by atoms with E-state index in [-0.39, 0.29) is 69.4 Å². The van der Waals surface area contributed by atoms with E-state index in [0.717, 1.165) is 78.5 Å². The van der Waals surface area contributed by atoms with E-state index in [0.29, 0.717) is 88.4 Å². The summed E-state index contributed by atoms with van der Waals surface area (Å²) in [7, 11) is 3.99. The second-order valence-corrected chi connectivity index (χ2v) is 32.7. The van der Waals surface area contributed by atoms with Crippen molar-refractivity contribution < 1.29 is 42.3 Å². The number of nitrogens with one attached hydrogen (secondary N) is 7. The van der Waals surface area contributed by atoms with Crippen LogP contribution in [0.15, 0.2) is 324 Å². The van der Waals surface area contributed by atoms with Crippen molar-refractivity contribution in [2.45, 2.75) is 41.2 Å². The maximum absolute atomic E-state index is 13.6. The van der Waals surface area contributed by atoms with Gasteiger partial charge < -0.3 is 42.1 Å². The van der Waals surface area contributed by atoms with Crippen molar-refractivity contribution in [3.8, 4) is 0 Å². The number of fused-ring (bicyclic) bond motifs is 7. The first-order valence-corrected chi connectivity index (χ1v) is 45.0. The molecule has 7 aromatic carbocycles. The number of halogens is 4. The average Bonchev–Trinajstić information content (AvgIpc) is 0.819. The summed E-state index contributed by atoms with van der Waals surface area (Å²) in [5.41, 5.74) is 15.0. The molecule has 0 aliphatic carbocycles. The van der Waals surface area contributed by atoms with Gasteiger partial charge in [-0.1, -0.05) is 102 Å². The number of hydrogen-bond donors (Lipinski definition) is 7. The van der Waals surface area contributed by atoms with Crippen molar-refractivity contribution in [1.29, 1.82) is 0 Å². The number of pyridine rings is 7. The molecular weight excluding hydrogens is 1900 g/mol. The Labute approximate surface area is 840 Å². The smallest absolute Gasteiger partial charge is 0.275 e. The first-order valence-electron chi connectivity index (χ1n) is 44.3. The number of aromatic nitrogens is 21. The van der Waals surface area contributed by atoms with Crippen molar-refractivity contribution >= 4 is 181 Å². The summed E-state index contributed by atoms with van der Waals surface area (Å²) < 4.78 is 27.1. The zero-order valence-corrected chi connectivity index (χ0v) is 80.0. The van der Waals surface area contributed by atoms with Gasteiger partial charge in [0.25, 0.3) is 41.4 Å². The Morgan fingerprint density at radius 3 is 0.808 bits per heavy atom. The normalized spacial score (nSPS) is 10.6. The van der Waals surface area contributed by atoms with Gasteiger partial charge in [-0.25, -0.2) is 48.7 Å². The molecule has 0 spiro atoms. The lowest BCUT2D eigenvalue weighted by atomic mass is 10.1. The van der Waals surface area contributed by atoms with Crippen molar-refractivity contribution in [1.82, 2.24) is 110 Å². The molecule has 0 aliphatic heterocycles. The van der Waals surface area contributed by atoms with Gasteiger partial charge in [-0.3, -0.25) is 98.4 Å². The van der Waals surface area contributed by atoms with Crippen LogP contribution in [0.1, 0.15) is 108 Å². The summed E-state index contributed by atoms with van der Waals surface area (Å²) in [4.78, 5) is 173. The van der Waals surface area contributed by atoms with Crippen LogP contribution in [0.25, 0.3) is 76.3 Å². The van der Waals surface area contributed by atoms with Crippen LogP contribution in [0.3, 0.4) is 0 Å². The second-order valence-electron chi connectivity index (χ2n) is 31.9. The van der Waals surface area contributed by atoms with Gasteiger partial charge >= 0.3 is 0 Å². The third-order valence-electron chi connectivity index (χ3n) is 20.6. The molecule has 36 nitrogen and oxygen atoms in total. The van der Waals surface area contributed by atoms with Gasteiger partial charge in [0.2, 0.25) is 0 Å². The number of carbonyl (C=O) groups excluding carboxylic acids is 7. The Hall–Kier alpha value is -19.3. The fourth-order valence-corrected chi connectivity index (χ4v) is 14.3. The Kier molecular flexibility index (Phi) is 33.6. The third-order valence-corrected chi connectivity index (χ3v) is 21.1. The van der Waals surface area contributed by atoms with Crippen molar-refractivity contribution in [3.63, 3.8) is 0 Å². The minimum atomic E-state index is -0.462. The summed E-state index contributed by atoms with van der Waals surface area (Å²) in [6.07, 6.45) is 32.9. The lowest BCUT2D eigenvalue weighted by Gasteiger charge is -2.12. The van der Waals surface area contributed by atoms with Crippen LogP contribution in [0.5, 0.6) is 0 Å². The Bertz CT molecular complexity index is 8060. The van der Waals surface area contributed by atoms with Gasteiger partial charge in [0.15, 0.2) is 0 Å². The van der Waals surface area contributed by atoms with E-state index in [1.54, 1.807) is 92.6 Å². The van der Waals surface area contributed by atoms with Gasteiger partial charge in [0, 0.05) is 159 Å². The predicted molar refractivity (Wildman–Crippen MR) is 553 cm³/mol. The van der Waals surface area contributed by atoms with Gasteiger partial charge in [-0.15, -0.1) is 0 Å². The van der Waals surface area contributed by atoms with Crippen LogP contribution in [0.4, 0.5) is 48.6 Å². The highest BCUT2D eigenvalue weighted by Gasteiger charge is 2.21. The molecule has 21 aromatic rings. The number of aryl methyl sites for hydroxylation is 5. The molecule has 722 valence electrons. The molecule has 0 unspecified atom stereocenters. The van der Waals surface area contributed by atoms with E-state index in [1.807, 2.05) is 157 Å². The molecule has 7 N–H and O–H groups in total. The Balaban J connectivity index is 0.000000128. The molecule has 146 heavy (non-hydrogen) atoms. The zero-order valence-electron chi connectivity index (χ0n) is 78.5. The zero-order chi connectivity index (χ0) is 103. The largest absolute Gasteiger partial charge is 0.319 e. The molecule has 0 radical (unpaired) electrons. The van der Waals surface area contributed by atoms with E-state index >= 15 is 0 Å². The summed E-state index contributed by atoms with van der Waals surface area (Å²) >= 11 is 12.1. The predicted octanol–water partition coefficient (Wildman–Crippen LogP) is 19.1. The van der Waals surface area contributed by atoms with Gasteiger partial charge in [0.05, 0.1) is 145 Å². The number of carbonyl (C=O) groups is 7. The lowest BCUT2D eigenvalue weighted by molar-refractivity contribution is 0.101. The van der Waals surface area contributed by atoms with Crippen LogP contribution in [-0.2, 0) is 6.54 Å². The minimum Gasteiger partial charge on any atom is -0.319 e. The van der Waals surface area contributed by atoms with Crippen molar-refractivity contribution in [2.75, 3.05) is 51.3 Å². The highest BCUT2D eigenvalue weighted by molar-refractivity contribution is 6.32. The summed E-state index contributed by atoms with van der Waals surface area (Å²) in [6.45, 7) is 9.99. The molecule has 0 fully saturated rings. The molecule has 0 saturated heterocycles. The molecule has 14 heterocycles. The van der Waals surface area contributed by atoms with Crippen LogP contribution in [-0.4, -0.2) is 165 Å². The number of anilines is 7. The maximum Gasteiger partial charge on any atom is 0.275 e. The SMILES string of the molecule is CN(C)Cc1ccc2cccc(NC(=O)c3cnccn3)c2n1.Cc1ccc2cccc(NC(=O)c3cnccn3)c2n1.Cc1cnc(C(=O)Nc2cc(Cl)cc3cccnc23)cn1.Cc1cnc(C(=O)Nc2cc(F)cc3cccnc23)cn1.Cc1cnc(C(=O)Nc2cccc3ccc(C)nc23)cn1.O=C(Nc1cc(Cl)cc2cccnc12)c1cnccn1.O=C(Nc1cc(F)cc2cccnc12)c1cnccn1. The molecule has 21 rings (SSSR count). The Morgan fingerprint density at radius 1 is 0.247 bits per heavy atom. The van der Waals surface area contributed by atoms with Crippen LogP contribution in [0, 0.1) is 46.3 Å². The number of hydrogen-bond acceptors (Lipinski definition) is 29. The molecule has 0 aliphatic rings. The highest BCUT2D eigenvalue weighted by atomic mass is 35.5. The van der Waals surface area contributed by atoms with E-state index in [1.165, 1.54) is 123 Å². The number of amides is 7. The Morgan fingerprint density at radius 2 is 0.521 bits per heavy atom. The molecule has 7 amide bonds. The quantitative estimate of drug-likeness (QED) is 0.0472. The molecule has 0 atom stereocenters. The summed E-state index contributed by atoms with van der Waals surface area (Å²) in [5.74, 6) is -3.40. The third kappa shape index (κ3) is 27.4. The standard InChI is InChI=1S/C17H17N5O.C16H14N4O.C15H11ClN4O.C15H11FN4O.C15H12N4O.C14H9ClN4O.C14H9FN4O/c1-22(2)11-13-7-6-12-4-3-5-14(16(12)20-13)21-17(23)15-10-18-8-9-19-15;1-10-6-7-12-4-3-5-13(15(12)19-10)20-16(21)14-9-17-11(2)8-18-14;2*1-9-7-19-13(8-18-9)15(21)20-12-6-11(16)5-10-3-2-4-17-14(10)12;1-10-5-6-11-3-2-4-12(14(11)18-10)19-15(20)13-9-16-7-8-17-13;2*15-10-6-9-2-1-3-18-13(9)11(7-10)19-14(20)12-8-16-4-5-17-12/h3-10H,11H2,1-2H3,(H,21,23);3-9H,1-2H3,(H,20,21);2*2-8H,1H3,(H,20,21);2-9H,1H3,(H,19,20);2*1-8H,(H,19,20). The fraction of sp³-hybridized carbons (Fsp3) is 0.0755. The van der Waals surface area contributed by atoms with E-state index in [4.69, 9.17) is 23.2 Å². The maximum atomic E-state index is 13.6. The van der Waals surface area contributed by atoms with E-state index in [9.17, 15) is 42.3 Å². The monoisotopic (exact) mass is 1980 g/mol. The van der Waals surface area contributed by atoms with Crippen LogP contribution < -0.4 is 37.2 Å². The molecule has 0 saturated carbocycles. The molecule has 14 aromatic heterocycles. The number of rotatable bonds is 16. The second kappa shape index (κ2) is 48.5. The van der Waals surface area contributed by atoms with E-state index in [2.05, 4.69) is 147 Å². The summed E-state index contributed by atoms with van der Waals surface area (Å²) in [5, 5.41) is 26.2. The molecule has 0 bridgehead atoms. The first-order chi connectivity index (χ1) is 70.7. The first kappa shape index (κ1) is 101. The van der Waals surface area contributed by atoms with Crippen LogP contribution in [0.2, 0.25) is 10.0 Å². The summed E-state index contributed by atoms with van der Waals surface area (Å²) in [6, 6.07) is 55.2. The number of nitrogens with zero attached hydrogens (tertiary/aromatic N) is 22. The topological polar surface area (TPSA) is 478 Å². The number of para-hydroxylation sites is 3. The van der Waals surface area contributed by atoms with Crippen LogP contribution >= 0.6 is 23.2 Å². The lowest BCUT2D eigenvalue weighted by Crippen LogP contribution is -2.15. The van der Waals surface area contributed by atoms with Gasteiger partial charge in [0.1, 0.15) is 51.5 Å². The van der Waals surface area contributed by atoms with Crippen molar-refractivity contribution in [3.05, 3.63) is 420 Å². The van der Waals surface area contributed by atoms with Gasteiger partial charge in [-0.2, -0.15) is 0 Å². The van der Waals surface area contributed by atoms with E-state index < -0.39 is 23.4 Å². The minimum absolute atomic E-state index is 0.154. The van der Waals surface area contributed by atoms with Crippen molar-refractivity contribution in [2.24, 2.45) is 0 Å².